The highest BCUT2D eigenvalue weighted by Gasteiger charge is 2.49. The van der Waals surface area contributed by atoms with E-state index in [-0.39, 0.29) is 41.0 Å². The van der Waals surface area contributed by atoms with Crippen LogP contribution < -0.4 is 14.4 Å². The molecule has 0 N–H and O–H groups in total. The number of hydrogen-bond donors (Lipinski definition) is 0. The van der Waals surface area contributed by atoms with E-state index in [1.54, 1.807) is 26.4 Å². The molecule has 1 amide bonds. The normalized spacial score (nSPS) is 22.6. The number of hydrogen-bond acceptors (Lipinski definition) is 6. The quantitative estimate of drug-likeness (QED) is 0.613. The Morgan fingerprint density at radius 2 is 1.85 bits per heavy atom. The largest absolute Gasteiger partial charge is 0.493 e. The van der Waals surface area contributed by atoms with E-state index in [9.17, 15) is 13.2 Å². The lowest BCUT2D eigenvalue weighted by molar-refractivity contribution is -0.117. The average Bonchev–Trinajstić information content (AvgIpc) is 3.23. The number of sulfone groups is 1. The topological polar surface area (TPSA) is 85.3 Å². The Bertz CT molecular complexity index is 1190. The maximum absolute atomic E-state index is 12.9. The van der Waals surface area contributed by atoms with Crippen LogP contribution in [0.3, 0.4) is 0 Å². The number of benzene rings is 2. The smallest absolute Gasteiger partial charge is 0.252 e. The van der Waals surface area contributed by atoms with Crippen molar-refractivity contribution in [1.29, 1.82) is 0 Å². The molecule has 0 bridgehead atoms. The number of rotatable bonds is 6. The molecule has 176 valence electrons. The molecule has 9 heteroatoms. The molecule has 2 aromatic carbocycles. The molecule has 0 aliphatic carbocycles. The number of methoxy groups -OCH3 is 2. The second kappa shape index (κ2) is 9.38. The number of ether oxygens (including phenoxy) is 2. The first-order chi connectivity index (χ1) is 15.7. The van der Waals surface area contributed by atoms with Gasteiger partial charge in [-0.3, -0.25) is 4.79 Å². The van der Waals surface area contributed by atoms with Crippen LogP contribution in [0.5, 0.6) is 11.5 Å². The number of aliphatic imine (C=N–C) groups is 1. The van der Waals surface area contributed by atoms with Crippen LogP contribution >= 0.6 is 11.8 Å². The van der Waals surface area contributed by atoms with E-state index in [0.717, 1.165) is 16.8 Å². The predicted molar refractivity (Wildman–Crippen MR) is 133 cm³/mol. The zero-order valence-corrected chi connectivity index (χ0v) is 20.8. The molecule has 2 heterocycles. The molecule has 2 atom stereocenters. The zero-order valence-electron chi connectivity index (χ0n) is 19.1. The van der Waals surface area contributed by atoms with E-state index in [0.29, 0.717) is 16.7 Å². The van der Waals surface area contributed by atoms with Crippen molar-refractivity contribution >= 4 is 38.4 Å². The second-order valence-electron chi connectivity index (χ2n) is 8.54. The SMILES string of the molecule is COc1ccc(CC(=O)N=C2S[C@H]3CS(=O)(=O)C[C@H]3N2c2ccccc2C(C)C)cc1OC. The van der Waals surface area contributed by atoms with E-state index in [1.807, 2.05) is 35.2 Å². The molecule has 0 radical (unpaired) electrons. The minimum atomic E-state index is -3.12. The van der Waals surface area contributed by atoms with Gasteiger partial charge in [-0.25, -0.2) is 8.42 Å². The van der Waals surface area contributed by atoms with Crippen molar-refractivity contribution in [2.24, 2.45) is 4.99 Å². The van der Waals surface area contributed by atoms with Crippen molar-refractivity contribution in [3.05, 3.63) is 53.6 Å². The van der Waals surface area contributed by atoms with E-state index in [2.05, 4.69) is 18.8 Å². The standard InChI is InChI=1S/C24H28N2O5S2/c1-15(2)17-7-5-6-8-18(17)26-19-13-33(28,29)14-22(19)32-24(26)25-23(27)12-16-9-10-20(30-3)21(11-16)31-4/h5-11,15,19,22H,12-14H2,1-4H3/t19-,22+/m1/s1. The molecule has 0 aromatic heterocycles. The number of anilines is 1. The molecular formula is C24H28N2O5S2. The monoisotopic (exact) mass is 488 g/mol. The molecule has 0 unspecified atom stereocenters. The first-order valence-electron chi connectivity index (χ1n) is 10.8. The minimum Gasteiger partial charge on any atom is -0.493 e. The lowest BCUT2D eigenvalue weighted by Gasteiger charge is -2.28. The van der Waals surface area contributed by atoms with Gasteiger partial charge in [0.2, 0.25) is 0 Å². The summed E-state index contributed by atoms with van der Waals surface area (Å²) in [6, 6.07) is 13.1. The summed E-state index contributed by atoms with van der Waals surface area (Å²) < 4.78 is 35.3. The molecule has 7 nitrogen and oxygen atoms in total. The minimum absolute atomic E-state index is 0.0694. The first kappa shape index (κ1) is 23.6. The van der Waals surface area contributed by atoms with Gasteiger partial charge in [-0.05, 0) is 35.2 Å². The zero-order chi connectivity index (χ0) is 23.8. The molecule has 0 saturated carbocycles. The molecule has 33 heavy (non-hydrogen) atoms. The summed E-state index contributed by atoms with van der Waals surface area (Å²) in [6.45, 7) is 4.20. The molecule has 2 fully saturated rings. The summed E-state index contributed by atoms with van der Waals surface area (Å²) in [4.78, 5) is 19.4. The van der Waals surface area contributed by atoms with E-state index >= 15 is 0 Å². The Balaban J connectivity index is 1.66. The van der Waals surface area contributed by atoms with Crippen molar-refractivity contribution in [3.63, 3.8) is 0 Å². The molecular weight excluding hydrogens is 460 g/mol. The summed E-state index contributed by atoms with van der Waals surface area (Å²) in [5, 5.41) is 0.432. The number of para-hydroxylation sites is 1. The average molecular weight is 489 g/mol. The fourth-order valence-electron chi connectivity index (χ4n) is 4.35. The molecule has 2 aliphatic heterocycles. The van der Waals surface area contributed by atoms with Gasteiger partial charge in [0, 0.05) is 10.9 Å². The van der Waals surface area contributed by atoms with Crippen LogP contribution in [0.1, 0.15) is 30.9 Å². The fourth-order valence-corrected chi connectivity index (χ4v) is 8.28. The van der Waals surface area contributed by atoms with Crippen molar-refractivity contribution in [1.82, 2.24) is 0 Å². The van der Waals surface area contributed by atoms with Crippen LogP contribution in [-0.2, 0) is 21.1 Å². The highest BCUT2D eigenvalue weighted by Crippen LogP contribution is 2.43. The molecule has 2 aromatic rings. The van der Waals surface area contributed by atoms with Gasteiger partial charge in [0.15, 0.2) is 26.5 Å². The van der Waals surface area contributed by atoms with Crippen molar-refractivity contribution in [3.8, 4) is 11.5 Å². The summed E-state index contributed by atoms with van der Waals surface area (Å²) >= 11 is 1.39. The maximum atomic E-state index is 12.9. The molecule has 0 spiro atoms. The third kappa shape index (κ3) is 4.89. The number of fused-ring (bicyclic) bond motifs is 1. The van der Waals surface area contributed by atoms with Crippen LogP contribution in [0, 0.1) is 0 Å². The van der Waals surface area contributed by atoms with Crippen LogP contribution in [0.2, 0.25) is 0 Å². The first-order valence-corrected chi connectivity index (χ1v) is 13.5. The van der Waals surface area contributed by atoms with E-state index in [4.69, 9.17) is 9.47 Å². The van der Waals surface area contributed by atoms with E-state index < -0.39 is 9.84 Å². The van der Waals surface area contributed by atoms with Gasteiger partial charge in [-0.15, -0.1) is 0 Å². The highest BCUT2D eigenvalue weighted by molar-refractivity contribution is 8.16. The van der Waals surface area contributed by atoms with Crippen LogP contribution in [0.4, 0.5) is 5.69 Å². The van der Waals surface area contributed by atoms with Gasteiger partial charge in [0.05, 0.1) is 38.2 Å². The predicted octanol–water partition coefficient (Wildman–Crippen LogP) is 3.67. The van der Waals surface area contributed by atoms with Gasteiger partial charge >= 0.3 is 0 Å². The van der Waals surface area contributed by atoms with E-state index in [1.165, 1.54) is 11.8 Å². The Morgan fingerprint density at radius 1 is 1.12 bits per heavy atom. The van der Waals surface area contributed by atoms with Crippen molar-refractivity contribution in [2.75, 3.05) is 30.6 Å². The van der Waals surface area contributed by atoms with Crippen molar-refractivity contribution in [2.45, 2.75) is 37.5 Å². The van der Waals surface area contributed by atoms with Crippen LogP contribution in [0.25, 0.3) is 0 Å². The Hall–Kier alpha value is -2.52. The lowest BCUT2D eigenvalue weighted by atomic mass is 9.99. The number of carbonyl (C=O) groups excluding carboxylic acids is 1. The summed E-state index contributed by atoms with van der Waals surface area (Å²) in [5.41, 5.74) is 2.78. The highest BCUT2D eigenvalue weighted by atomic mass is 32.2. The molecule has 4 rings (SSSR count). The summed E-state index contributed by atoms with van der Waals surface area (Å²) in [6.07, 6.45) is 0.109. The Labute approximate surface area is 199 Å². The Morgan fingerprint density at radius 3 is 2.55 bits per heavy atom. The summed E-state index contributed by atoms with van der Waals surface area (Å²) in [7, 11) is -0.00906. The lowest BCUT2D eigenvalue weighted by Crippen LogP contribution is -2.38. The van der Waals surface area contributed by atoms with Gasteiger partial charge < -0.3 is 14.4 Å². The number of amidine groups is 1. The van der Waals surface area contributed by atoms with Gasteiger partial charge in [0.1, 0.15) is 0 Å². The summed E-state index contributed by atoms with van der Waals surface area (Å²) in [5.74, 6) is 1.27. The molecule has 2 aliphatic rings. The van der Waals surface area contributed by atoms with Gasteiger partial charge in [-0.2, -0.15) is 4.99 Å². The number of thioether (sulfide) groups is 1. The van der Waals surface area contributed by atoms with Crippen LogP contribution in [0.15, 0.2) is 47.5 Å². The van der Waals surface area contributed by atoms with Crippen LogP contribution in [-0.4, -0.2) is 56.5 Å². The third-order valence-electron chi connectivity index (χ3n) is 5.91. The second-order valence-corrected chi connectivity index (χ2v) is 11.9. The van der Waals surface area contributed by atoms with Crippen molar-refractivity contribution < 1.29 is 22.7 Å². The number of nitrogens with zero attached hydrogens (tertiary/aromatic N) is 2. The Kier molecular flexibility index (Phi) is 6.72. The van der Waals surface area contributed by atoms with Gasteiger partial charge in [0.25, 0.3) is 5.91 Å². The third-order valence-corrected chi connectivity index (χ3v) is 9.12. The fraction of sp³-hybridized carbons (Fsp3) is 0.417. The number of amides is 1. The van der Waals surface area contributed by atoms with Gasteiger partial charge in [-0.1, -0.05) is 49.9 Å². The number of carbonyl (C=O) groups is 1. The molecule has 2 saturated heterocycles. The maximum Gasteiger partial charge on any atom is 0.252 e.